The number of hydrogen-bond acceptors (Lipinski definition) is 4. The monoisotopic (exact) mass is 287 g/mol. The van der Waals surface area contributed by atoms with Gasteiger partial charge in [-0.3, -0.25) is 14.3 Å². The topological polar surface area (TPSA) is 73.2 Å². The summed E-state index contributed by atoms with van der Waals surface area (Å²) in [6.07, 6.45) is 1.95. The Morgan fingerprint density at radius 3 is 2.62 bits per heavy atom. The minimum Gasteiger partial charge on any atom is -0.469 e. The predicted molar refractivity (Wildman–Crippen MR) is 76.9 cm³/mol. The van der Waals surface area contributed by atoms with Gasteiger partial charge in [-0.1, -0.05) is 24.3 Å². The maximum atomic E-state index is 11.5. The van der Waals surface area contributed by atoms with Gasteiger partial charge in [0.1, 0.15) is 5.69 Å². The molecule has 0 aliphatic rings. The highest BCUT2D eigenvalue weighted by Crippen LogP contribution is 2.12. The summed E-state index contributed by atoms with van der Waals surface area (Å²) in [5.41, 5.74) is 2.22. The lowest BCUT2D eigenvalue weighted by Gasteiger charge is -2.08. The molecular weight excluding hydrogens is 270 g/mol. The number of hydrogen-bond donors (Lipinski definition) is 1. The Morgan fingerprint density at radius 2 is 1.95 bits per heavy atom. The first-order valence-electron chi connectivity index (χ1n) is 6.53. The van der Waals surface area contributed by atoms with Crippen molar-refractivity contribution in [3.05, 3.63) is 53.3 Å². The maximum Gasteiger partial charge on any atom is 0.309 e. The Kier molecular flexibility index (Phi) is 4.71. The molecule has 0 atom stereocenters. The van der Waals surface area contributed by atoms with Gasteiger partial charge in [-0.05, 0) is 17.2 Å². The Bertz CT molecular complexity index is 649. The summed E-state index contributed by atoms with van der Waals surface area (Å²) in [6.45, 7) is 0.490. The lowest BCUT2D eigenvalue weighted by molar-refractivity contribution is -0.139. The van der Waals surface area contributed by atoms with Crippen LogP contribution in [0.4, 0.5) is 0 Å². The van der Waals surface area contributed by atoms with Crippen molar-refractivity contribution in [3.8, 4) is 0 Å². The molecule has 2 aromatic rings. The van der Waals surface area contributed by atoms with E-state index in [0.717, 1.165) is 11.1 Å². The molecule has 110 valence electrons. The molecule has 0 radical (unpaired) electrons. The summed E-state index contributed by atoms with van der Waals surface area (Å²) in [7, 11) is 2.93. The van der Waals surface area contributed by atoms with Gasteiger partial charge >= 0.3 is 5.97 Å². The van der Waals surface area contributed by atoms with Crippen molar-refractivity contribution in [2.75, 3.05) is 14.2 Å². The van der Waals surface area contributed by atoms with Crippen LogP contribution in [0.5, 0.6) is 0 Å². The van der Waals surface area contributed by atoms with Crippen LogP contribution in [0.1, 0.15) is 21.6 Å². The summed E-state index contributed by atoms with van der Waals surface area (Å²) in [5, 5.41) is 6.73. The van der Waals surface area contributed by atoms with Gasteiger partial charge in [0, 0.05) is 13.2 Å². The van der Waals surface area contributed by atoms with E-state index in [2.05, 4.69) is 10.4 Å². The number of amides is 1. The van der Waals surface area contributed by atoms with Gasteiger partial charge in [0.2, 0.25) is 0 Å². The zero-order valence-corrected chi connectivity index (χ0v) is 12.0. The molecule has 0 aliphatic heterocycles. The molecule has 0 saturated carbocycles. The number of nitrogens with zero attached hydrogens (tertiary/aromatic N) is 2. The van der Waals surface area contributed by atoms with Crippen molar-refractivity contribution in [2.24, 2.45) is 0 Å². The molecule has 0 bridgehead atoms. The van der Waals surface area contributed by atoms with Crippen molar-refractivity contribution in [3.63, 3.8) is 0 Å². The molecule has 1 N–H and O–H groups in total. The van der Waals surface area contributed by atoms with E-state index in [1.54, 1.807) is 24.0 Å². The zero-order chi connectivity index (χ0) is 15.2. The van der Waals surface area contributed by atoms with E-state index >= 15 is 0 Å². The molecule has 1 amide bonds. The van der Waals surface area contributed by atoms with E-state index in [9.17, 15) is 9.59 Å². The molecule has 0 saturated heterocycles. The highest BCUT2D eigenvalue weighted by Gasteiger charge is 2.10. The van der Waals surface area contributed by atoms with Gasteiger partial charge < -0.3 is 10.1 Å². The SMILES string of the molecule is CNC(=O)c1ccn(Cc2ccccc2CC(=O)OC)n1. The van der Waals surface area contributed by atoms with E-state index < -0.39 is 0 Å². The molecule has 0 unspecified atom stereocenters. The number of carbonyl (C=O) groups excluding carboxylic acids is 2. The average Bonchev–Trinajstić information content (AvgIpc) is 2.97. The first-order chi connectivity index (χ1) is 10.1. The minimum absolute atomic E-state index is 0.218. The number of esters is 1. The average molecular weight is 287 g/mol. The molecule has 21 heavy (non-hydrogen) atoms. The van der Waals surface area contributed by atoms with Crippen LogP contribution >= 0.6 is 0 Å². The predicted octanol–water partition coefficient (Wildman–Crippen LogP) is 1.01. The first kappa shape index (κ1) is 14.8. The first-order valence-corrected chi connectivity index (χ1v) is 6.53. The van der Waals surface area contributed by atoms with Gasteiger partial charge in [-0.2, -0.15) is 5.10 Å². The normalized spacial score (nSPS) is 10.2. The summed E-state index contributed by atoms with van der Waals surface area (Å²) >= 11 is 0. The number of ether oxygens (including phenoxy) is 1. The van der Waals surface area contributed by atoms with Crippen LogP contribution in [0.2, 0.25) is 0 Å². The second kappa shape index (κ2) is 6.69. The van der Waals surface area contributed by atoms with Crippen LogP contribution in [-0.4, -0.2) is 35.8 Å². The molecule has 1 aromatic heterocycles. The molecule has 1 heterocycles. The molecule has 6 nitrogen and oxygen atoms in total. The number of carbonyl (C=O) groups is 2. The highest BCUT2D eigenvalue weighted by atomic mass is 16.5. The van der Waals surface area contributed by atoms with Crippen molar-refractivity contribution >= 4 is 11.9 Å². The number of rotatable bonds is 5. The zero-order valence-electron chi connectivity index (χ0n) is 12.0. The molecule has 6 heteroatoms. The van der Waals surface area contributed by atoms with E-state index in [0.29, 0.717) is 12.2 Å². The van der Waals surface area contributed by atoms with E-state index in [-0.39, 0.29) is 18.3 Å². The van der Waals surface area contributed by atoms with Gasteiger partial charge in [0.15, 0.2) is 0 Å². The maximum absolute atomic E-state index is 11.5. The smallest absolute Gasteiger partial charge is 0.309 e. The summed E-state index contributed by atoms with van der Waals surface area (Å²) in [6, 6.07) is 9.25. The lowest BCUT2D eigenvalue weighted by Crippen LogP contribution is -2.18. The van der Waals surface area contributed by atoms with Crippen LogP contribution < -0.4 is 5.32 Å². The van der Waals surface area contributed by atoms with Crippen LogP contribution in [-0.2, 0) is 22.5 Å². The molecule has 2 rings (SSSR count). The fraction of sp³-hybridized carbons (Fsp3) is 0.267. The Balaban J connectivity index is 2.17. The Labute approximate surface area is 122 Å². The summed E-state index contributed by atoms with van der Waals surface area (Å²) in [5.74, 6) is -0.509. The number of methoxy groups -OCH3 is 1. The quantitative estimate of drug-likeness (QED) is 0.833. The van der Waals surface area contributed by atoms with Crippen LogP contribution in [0, 0.1) is 0 Å². The molecular formula is C15H17N3O3. The fourth-order valence-electron chi connectivity index (χ4n) is 1.99. The van der Waals surface area contributed by atoms with E-state index in [4.69, 9.17) is 4.74 Å². The number of aromatic nitrogens is 2. The second-order valence-electron chi connectivity index (χ2n) is 4.50. The van der Waals surface area contributed by atoms with Gasteiger partial charge in [-0.25, -0.2) is 0 Å². The molecule has 0 spiro atoms. The third-order valence-electron chi connectivity index (χ3n) is 3.11. The van der Waals surface area contributed by atoms with Crippen LogP contribution in [0.3, 0.4) is 0 Å². The lowest BCUT2D eigenvalue weighted by atomic mass is 10.0. The minimum atomic E-state index is -0.283. The van der Waals surface area contributed by atoms with E-state index in [1.165, 1.54) is 7.11 Å². The van der Waals surface area contributed by atoms with Crippen LogP contribution in [0.25, 0.3) is 0 Å². The molecule has 1 aromatic carbocycles. The van der Waals surface area contributed by atoms with Crippen molar-refractivity contribution in [1.82, 2.24) is 15.1 Å². The van der Waals surface area contributed by atoms with Crippen molar-refractivity contribution in [1.29, 1.82) is 0 Å². The third kappa shape index (κ3) is 3.68. The Morgan fingerprint density at radius 1 is 1.24 bits per heavy atom. The third-order valence-corrected chi connectivity index (χ3v) is 3.11. The molecule has 0 aliphatic carbocycles. The standard InChI is InChI=1S/C15H17N3O3/c1-16-15(20)13-7-8-18(17-13)10-12-6-4-3-5-11(12)9-14(19)21-2/h3-8H,9-10H2,1-2H3,(H,16,20). The van der Waals surface area contributed by atoms with Crippen molar-refractivity contribution < 1.29 is 14.3 Å². The highest BCUT2D eigenvalue weighted by molar-refractivity contribution is 5.91. The largest absolute Gasteiger partial charge is 0.469 e. The fourth-order valence-corrected chi connectivity index (χ4v) is 1.99. The van der Waals surface area contributed by atoms with Crippen LogP contribution in [0.15, 0.2) is 36.5 Å². The van der Waals surface area contributed by atoms with Gasteiger partial charge in [0.25, 0.3) is 5.91 Å². The summed E-state index contributed by atoms with van der Waals surface area (Å²) in [4.78, 5) is 22.9. The molecule has 0 fully saturated rings. The summed E-state index contributed by atoms with van der Waals surface area (Å²) < 4.78 is 6.36. The Hall–Kier alpha value is -2.63. The second-order valence-corrected chi connectivity index (χ2v) is 4.50. The van der Waals surface area contributed by atoms with E-state index in [1.807, 2.05) is 24.3 Å². The number of benzene rings is 1. The van der Waals surface area contributed by atoms with Gasteiger partial charge in [0.05, 0.1) is 20.1 Å². The van der Waals surface area contributed by atoms with Crippen molar-refractivity contribution in [2.45, 2.75) is 13.0 Å². The van der Waals surface area contributed by atoms with Gasteiger partial charge in [-0.15, -0.1) is 0 Å². The number of nitrogens with one attached hydrogen (secondary N) is 1.